The van der Waals surface area contributed by atoms with Crippen molar-refractivity contribution in [2.75, 3.05) is 19.6 Å². The Labute approximate surface area is 121 Å². The first kappa shape index (κ1) is 15.2. The number of hydrogen-bond acceptors (Lipinski definition) is 2. The van der Waals surface area contributed by atoms with Gasteiger partial charge in [-0.15, -0.1) is 0 Å². The molecule has 110 valence electrons. The molecule has 0 amide bonds. The number of benzene rings is 1. The lowest BCUT2D eigenvalue weighted by atomic mass is 9.89. The number of rotatable bonds is 4. The number of hydrogen-bond donors (Lipinski definition) is 0. The topological polar surface area (TPSA) is 20.3 Å². The van der Waals surface area contributed by atoms with Crippen molar-refractivity contribution in [1.82, 2.24) is 4.90 Å². The predicted octanol–water partition coefficient (Wildman–Crippen LogP) is 3.77. The molecule has 0 saturated carbocycles. The number of carbonyl (C=O) groups is 1. The quantitative estimate of drug-likeness (QED) is 0.781. The Morgan fingerprint density at radius 3 is 2.85 bits per heavy atom. The van der Waals surface area contributed by atoms with E-state index in [-0.39, 0.29) is 11.6 Å². The van der Waals surface area contributed by atoms with Gasteiger partial charge in [-0.05, 0) is 56.3 Å². The number of halogens is 1. The molecule has 1 aromatic carbocycles. The van der Waals surface area contributed by atoms with E-state index in [1.54, 1.807) is 12.1 Å². The average molecular weight is 277 g/mol. The lowest BCUT2D eigenvalue weighted by molar-refractivity contribution is 0.0931. The van der Waals surface area contributed by atoms with Crippen molar-refractivity contribution in [1.29, 1.82) is 0 Å². The Morgan fingerprint density at radius 2 is 2.15 bits per heavy atom. The fraction of sp³-hybridized carbons (Fsp3) is 0.588. The summed E-state index contributed by atoms with van der Waals surface area (Å²) < 4.78 is 13.1. The van der Waals surface area contributed by atoms with Crippen LogP contribution in [0.3, 0.4) is 0 Å². The molecule has 1 fully saturated rings. The third-order valence-corrected chi connectivity index (χ3v) is 4.32. The third-order valence-electron chi connectivity index (χ3n) is 4.32. The van der Waals surface area contributed by atoms with E-state index in [4.69, 9.17) is 0 Å². The van der Waals surface area contributed by atoms with Gasteiger partial charge in [-0.25, -0.2) is 4.39 Å². The van der Waals surface area contributed by atoms with E-state index in [0.717, 1.165) is 31.8 Å². The summed E-state index contributed by atoms with van der Waals surface area (Å²) in [6.07, 6.45) is 3.57. The first-order valence-electron chi connectivity index (χ1n) is 7.57. The van der Waals surface area contributed by atoms with Gasteiger partial charge in [0.1, 0.15) is 5.82 Å². The summed E-state index contributed by atoms with van der Waals surface area (Å²) in [5.74, 6) is 1.16. The molecule has 20 heavy (non-hydrogen) atoms. The lowest BCUT2D eigenvalue weighted by Crippen LogP contribution is -2.31. The average Bonchev–Trinajstić information content (AvgIpc) is 2.64. The van der Waals surface area contributed by atoms with Crippen molar-refractivity contribution in [2.45, 2.75) is 33.1 Å². The molecule has 0 N–H and O–H groups in total. The Kier molecular flexibility index (Phi) is 5.30. The van der Waals surface area contributed by atoms with Gasteiger partial charge in [0.25, 0.3) is 0 Å². The first-order valence-corrected chi connectivity index (χ1v) is 7.57. The zero-order chi connectivity index (χ0) is 14.5. The number of ketones is 1. The molecule has 1 unspecified atom stereocenters. The van der Waals surface area contributed by atoms with Crippen LogP contribution < -0.4 is 0 Å². The molecule has 0 radical (unpaired) electrons. The number of carbonyl (C=O) groups excluding carboxylic acids is 1. The van der Waals surface area contributed by atoms with Crippen LogP contribution in [0.4, 0.5) is 4.39 Å². The highest BCUT2D eigenvalue weighted by atomic mass is 19.1. The van der Waals surface area contributed by atoms with Gasteiger partial charge in [-0.1, -0.05) is 26.0 Å². The molecule has 0 spiro atoms. The Morgan fingerprint density at radius 1 is 1.35 bits per heavy atom. The molecule has 1 aliphatic rings. The molecule has 3 heteroatoms. The minimum Gasteiger partial charge on any atom is -0.296 e. The highest BCUT2D eigenvalue weighted by molar-refractivity contribution is 5.97. The van der Waals surface area contributed by atoms with Crippen LogP contribution in [0.25, 0.3) is 0 Å². The van der Waals surface area contributed by atoms with E-state index < -0.39 is 0 Å². The van der Waals surface area contributed by atoms with Crippen LogP contribution in [0.2, 0.25) is 0 Å². The van der Waals surface area contributed by atoms with Crippen LogP contribution in [0.15, 0.2) is 24.3 Å². The Bertz CT molecular complexity index is 458. The predicted molar refractivity (Wildman–Crippen MR) is 79.3 cm³/mol. The van der Waals surface area contributed by atoms with Gasteiger partial charge < -0.3 is 0 Å². The Hall–Kier alpha value is -1.22. The lowest BCUT2D eigenvalue weighted by Gasteiger charge is -2.20. The van der Waals surface area contributed by atoms with Crippen LogP contribution in [0, 0.1) is 17.7 Å². The van der Waals surface area contributed by atoms with Crippen molar-refractivity contribution in [2.24, 2.45) is 11.8 Å². The van der Waals surface area contributed by atoms with E-state index in [9.17, 15) is 9.18 Å². The van der Waals surface area contributed by atoms with E-state index in [1.807, 2.05) is 0 Å². The second-order valence-electron chi connectivity index (χ2n) is 6.14. The maximum Gasteiger partial charge on any atom is 0.176 e. The van der Waals surface area contributed by atoms with E-state index >= 15 is 0 Å². The molecular formula is C17H24FNO. The van der Waals surface area contributed by atoms with Crippen LogP contribution in [0.5, 0.6) is 0 Å². The SMILES string of the molecule is CC(C)C1CCCN(CC(=O)c2cccc(F)c2)CC1. The van der Waals surface area contributed by atoms with Crippen LogP contribution in [-0.2, 0) is 0 Å². The molecule has 2 rings (SSSR count). The zero-order valence-electron chi connectivity index (χ0n) is 12.4. The first-order chi connectivity index (χ1) is 9.56. The molecule has 0 aromatic heterocycles. The third kappa shape index (κ3) is 4.14. The van der Waals surface area contributed by atoms with E-state index in [2.05, 4.69) is 18.7 Å². The van der Waals surface area contributed by atoms with Crippen LogP contribution in [-0.4, -0.2) is 30.3 Å². The van der Waals surface area contributed by atoms with E-state index in [1.165, 1.54) is 18.6 Å². The molecule has 2 nitrogen and oxygen atoms in total. The molecule has 1 atom stereocenters. The van der Waals surface area contributed by atoms with Crippen LogP contribution in [0.1, 0.15) is 43.5 Å². The fourth-order valence-corrected chi connectivity index (χ4v) is 2.96. The van der Waals surface area contributed by atoms with Crippen molar-refractivity contribution in [3.63, 3.8) is 0 Å². The van der Waals surface area contributed by atoms with Gasteiger partial charge in [-0.2, -0.15) is 0 Å². The number of Topliss-reactive ketones (excluding diaryl/α,β-unsaturated/α-hetero) is 1. The highest BCUT2D eigenvalue weighted by Gasteiger charge is 2.21. The zero-order valence-corrected chi connectivity index (χ0v) is 12.4. The summed E-state index contributed by atoms with van der Waals surface area (Å²) in [6.45, 7) is 6.92. The van der Waals surface area contributed by atoms with Gasteiger partial charge in [0.05, 0.1) is 6.54 Å². The monoisotopic (exact) mass is 277 g/mol. The molecule has 1 heterocycles. The van der Waals surface area contributed by atoms with Gasteiger partial charge in [0, 0.05) is 5.56 Å². The van der Waals surface area contributed by atoms with Crippen molar-refractivity contribution in [3.05, 3.63) is 35.6 Å². The minimum atomic E-state index is -0.341. The summed E-state index contributed by atoms with van der Waals surface area (Å²) in [4.78, 5) is 14.4. The molecule has 1 saturated heterocycles. The molecule has 0 aliphatic carbocycles. The summed E-state index contributed by atoms with van der Waals surface area (Å²) >= 11 is 0. The summed E-state index contributed by atoms with van der Waals surface area (Å²) in [5.41, 5.74) is 0.481. The number of likely N-dealkylation sites (tertiary alicyclic amines) is 1. The minimum absolute atomic E-state index is 0.0208. The van der Waals surface area contributed by atoms with Gasteiger partial charge in [0.15, 0.2) is 5.78 Å². The molecule has 0 bridgehead atoms. The van der Waals surface area contributed by atoms with Gasteiger partial charge in [0.2, 0.25) is 0 Å². The Balaban J connectivity index is 1.91. The molecular weight excluding hydrogens is 253 g/mol. The van der Waals surface area contributed by atoms with Gasteiger partial charge >= 0.3 is 0 Å². The maximum atomic E-state index is 13.1. The summed E-state index contributed by atoms with van der Waals surface area (Å²) in [7, 11) is 0. The van der Waals surface area contributed by atoms with Crippen LogP contribution >= 0.6 is 0 Å². The normalized spacial score (nSPS) is 20.9. The van der Waals surface area contributed by atoms with Crippen molar-refractivity contribution in [3.8, 4) is 0 Å². The van der Waals surface area contributed by atoms with Crippen molar-refractivity contribution < 1.29 is 9.18 Å². The fourth-order valence-electron chi connectivity index (χ4n) is 2.96. The second kappa shape index (κ2) is 6.98. The summed E-state index contributed by atoms with van der Waals surface area (Å²) in [6, 6.07) is 5.99. The summed E-state index contributed by atoms with van der Waals surface area (Å²) in [5, 5.41) is 0. The largest absolute Gasteiger partial charge is 0.296 e. The second-order valence-corrected chi connectivity index (χ2v) is 6.14. The highest BCUT2D eigenvalue weighted by Crippen LogP contribution is 2.24. The maximum absolute atomic E-state index is 13.1. The molecule has 1 aromatic rings. The molecule has 1 aliphatic heterocycles. The number of nitrogens with zero attached hydrogens (tertiary/aromatic N) is 1. The van der Waals surface area contributed by atoms with E-state index in [0.29, 0.717) is 18.0 Å². The van der Waals surface area contributed by atoms with Crippen molar-refractivity contribution >= 4 is 5.78 Å². The standard InChI is InChI=1S/C17H24FNO/c1-13(2)14-6-4-9-19(10-8-14)12-17(20)15-5-3-7-16(18)11-15/h3,5,7,11,13-14H,4,6,8-10,12H2,1-2H3. The smallest absolute Gasteiger partial charge is 0.176 e. The van der Waals surface area contributed by atoms with Gasteiger partial charge in [-0.3, -0.25) is 9.69 Å².